The van der Waals surface area contributed by atoms with E-state index < -0.39 is 11.0 Å². The van der Waals surface area contributed by atoms with Crippen LogP contribution in [0.15, 0.2) is 18.2 Å². The van der Waals surface area contributed by atoms with Gasteiger partial charge in [0, 0.05) is 24.1 Å². The van der Waals surface area contributed by atoms with Crippen molar-refractivity contribution in [2.75, 3.05) is 24.2 Å². The number of rotatable bonds is 9. The molecule has 0 aliphatic carbocycles. The molecule has 0 aliphatic rings. The van der Waals surface area contributed by atoms with E-state index in [2.05, 4.69) is 5.32 Å². The molecule has 0 bridgehead atoms. The van der Waals surface area contributed by atoms with E-state index in [-0.39, 0.29) is 12.3 Å². The quantitative estimate of drug-likeness (QED) is 0.477. The van der Waals surface area contributed by atoms with Crippen LogP contribution in [0, 0.1) is 10.1 Å². The van der Waals surface area contributed by atoms with E-state index in [1.54, 1.807) is 12.1 Å². The van der Waals surface area contributed by atoms with Gasteiger partial charge >= 0.3 is 0 Å². The van der Waals surface area contributed by atoms with Crippen LogP contribution in [0.3, 0.4) is 0 Å². The largest absolute Gasteiger partial charge is 0.394 e. The molecule has 0 heterocycles. The van der Waals surface area contributed by atoms with Crippen LogP contribution in [0.1, 0.15) is 18.9 Å². The maximum Gasteiger partial charge on any atom is 0.292 e. The predicted octanol–water partition coefficient (Wildman–Crippen LogP) is 2.00. The van der Waals surface area contributed by atoms with Gasteiger partial charge in [-0.05, 0) is 18.1 Å². The highest BCUT2D eigenvalue weighted by Crippen LogP contribution is 2.27. The molecule has 20 heavy (non-hydrogen) atoms. The van der Waals surface area contributed by atoms with Gasteiger partial charge in [-0.3, -0.25) is 10.1 Å². The summed E-state index contributed by atoms with van der Waals surface area (Å²) in [5, 5.41) is 32.0. The summed E-state index contributed by atoms with van der Waals surface area (Å²) >= 11 is 1.48. The second kappa shape index (κ2) is 8.78. The molecule has 0 aliphatic heterocycles. The summed E-state index contributed by atoms with van der Waals surface area (Å²) in [6.45, 7) is 2.42. The number of nitrogens with zero attached hydrogens (tertiary/aromatic N) is 1. The van der Waals surface area contributed by atoms with Gasteiger partial charge in [-0.25, -0.2) is 0 Å². The lowest BCUT2D eigenvalue weighted by Gasteiger charge is -2.09. The van der Waals surface area contributed by atoms with Crippen molar-refractivity contribution in [3.63, 3.8) is 0 Å². The Kier molecular flexibility index (Phi) is 7.35. The molecule has 112 valence electrons. The summed E-state index contributed by atoms with van der Waals surface area (Å²) in [5.74, 6) is 1.07. The molecule has 0 fully saturated rings. The van der Waals surface area contributed by atoms with E-state index in [1.165, 1.54) is 17.8 Å². The number of anilines is 1. The van der Waals surface area contributed by atoms with E-state index in [0.717, 1.165) is 12.0 Å². The lowest BCUT2D eigenvalue weighted by atomic mass is 10.2. The molecule has 0 saturated heterocycles. The van der Waals surface area contributed by atoms with Gasteiger partial charge in [0.2, 0.25) is 0 Å². The molecule has 1 rings (SSSR count). The Bertz CT molecular complexity index is 442. The van der Waals surface area contributed by atoms with E-state index in [1.807, 2.05) is 6.92 Å². The molecule has 7 heteroatoms. The van der Waals surface area contributed by atoms with E-state index in [0.29, 0.717) is 23.7 Å². The highest BCUT2D eigenvalue weighted by atomic mass is 32.2. The van der Waals surface area contributed by atoms with Gasteiger partial charge in [0.1, 0.15) is 5.69 Å². The molecule has 1 aromatic carbocycles. The van der Waals surface area contributed by atoms with E-state index >= 15 is 0 Å². The number of nitro benzene ring substituents is 1. The zero-order chi connectivity index (χ0) is 15.0. The summed E-state index contributed by atoms with van der Waals surface area (Å²) in [6.07, 6.45) is 0.162. The van der Waals surface area contributed by atoms with Gasteiger partial charge in [0.05, 0.1) is 17.6 Å². The zero-order valence-electron chi connectivity index (χ0n) is 11.4. The van der Waals surface area contributed by atoms with Crippen molar-refractivity contribution in [3.05, 3.63) is 33.9 Å². The lowest BCUT2D eigenvalue weighted by Crippen LogP contribution is -2.14. The smallest absolute Gasteiger partial charge is 0.292 e. The first-order valence-electron chi connectivity index (χ1n) is 6.46. The second-order valence-corrected chi connectivity index (χ2v) is 5.42. The fourth-order valence-corrected chi connectivity index (χ4v) is 2.51. The summed E-state index contributed by atoms with van der Waals surface area (Å²) in [7, 11) is 0. The van der Waals surface area contributed by atoms with Crippen molar-refractivity contribution in [2.24, 2.45) is 0 Å². The fraction of sp³-hybridized carbons (Fsp3) is 0.538. The van der Waals surface area contributed by atoms with Crippen LogP contribution in [-0.4, -0.2) is 40.1 Å². The number of thioether (sulfide) groups is 1. The lowest BCUT2D eigenvalue weighted by molar-refractivity contribution is -0.384. The Morgan fingerprint density at radius 2 is 2.25 bits per heavy atom. The summed E-state index contributed by atoms with van der Waals surface area (Å²) in [5.41, 5.74) is 1.55. The van der Waals surface area contributed by atoms with Crippen LogP contribution < -0.4 is 5.32 Å². The highest BCUT2D eigenvalue weighted by molar-refractivity contribution is 7.98. The summed E-state index contributed by atoms with van der Waals surface area (Å²) < 4.78 is 0. The minimum atomic E-state index is -0.726. The van der Waals surface area contributed by atoms with Gasteiger partial charge in [-0.15, -0.1) is 0 Å². The van der Waals surface area contributed by atoms with Gasteiger partial charge < -0.3 is 15.5 Å². The summed E-state index contributed by atoms with van der Waals surface area (Å²) in [4.78, 5) is 10.5. The first-order valence-corrected chi connectivity index (χ1v) is 7.61. The van der Waals surface area contributed by atoms with Crippen molar-refractivity contribution < 1.29 is 15.1 Å². The van der Waals surface area contributed by atoms with Crippen LogP contribution in [0.5, 0.6) is 0 Å². The molecule has 0 aromatic heterocycles. The van der Waals surface area contributed by atoms with Gasteiger partial charge in [0.15, 0.2) is 0 Å². The number of hydrogen-bond acceptors (Lipinski definition) is 6. The SMILES string of the molecule is CCCNc1cc(CSCC(O)CO)ccc1[N+](=O)[O-]. The second-order valence-electron chi connectivity index (χ2n) is 4.39. The number of aliphatic hydroxyl groups excluding tert-OH is 2. The molecule has 1 unspecified atom stereocenters. The van der Waals surface area contributed by atoms with E-state index in [4.69, 9.17) is 5.11 Å². The third-order valence-electron chi connectivity index (χ3n) is 2.61. The van der Waals surface area contributed by atoms with Crippen molar-refractivity contribution in [1.29, 1.82) is 0 Å². The number of nitrogens with one attached hydrogen (secondary N) is 1. The molecule has 0 radical (unpaired) electrons. The standard InChI is InChI=1S/C13H20N2O4S/c1-2-5-14-12-6-10(3-4-13(12)15(18)19)8-20-9-11(17)7-16/h3-4,6,11,14,16-17H,2,5,7-9H2,1H3. The Labute approximate surface area is 122 Å². The number of hydrogen-bond donors (Lipinski definition) is 3. The van der Waals surface area contributed by atoms with Crippen LogP contribution in [0.25, 0.3) is 0 Å². The maximum atomic E-state index is 10.9. The Hall–Kier alpha value is -1.31. The molecule has 3 N–H and O–H groups in total. The summed E-state index contributed by atoms with van der Waals surface area (Å²) in [6, 6.07) is 4.98. The number of benzene rings is 1. The zero-order valence-corrected chi connectivity index (χ0v) is 12.2. The molecule has 0 amide bonds. The number of nitro groups is 1. The topological polar surface area (TPSA) is 95.6 Å². The van der Waals surface area contributed by atoms with Gasteiger partial charge in [-0.1, -0.05) is 13.0 Å². The van der Waals surface area contributed by atoms with Crippen LogP contribution in [0.2, 0.25) is 0 Å². The minimum absolute atomic E-state index is 0.0718. The van der Waals surface area contributed by atoms with Crippen molar-refractivity contribution >= 4 is 23.1 Å². The maximum absolute atomic E-state index is 10.9. The van der Waals surface area contributed by atoms with Crippen LogP contribution >= 0.6 is 11.8 Å². The van der Waals surface area contributed by atoms with E-state index in [9.17, 15) is 15.2 Å². The predicted molar refractivity (Wildman–Crippen MR) is 81.1 cm³/mol. The molecular formula is C13H20N2O4S. The first kappa shape index (κ1) is 16.7. The highest BCUT2D eigenvalue weighted by Gasteiger charge is 2.13. The Morgan fingerprint density at radius 3 is 2.85 bits per heavy atom. The molecule has 0 spiro atoms. The Morgan fingerprint density at radius 1 is 1.50 bits per heavy atom. The molecule has 0 saturated carbocycles. The van der Waals surface area contributed by atoms with Crippen LogP contribution in [-0.2, 0) is 5.75 Å². The van der Waals surface area contributed by atoms with Crippen molar-refractivity contribution in [3.8, 4) is 0 Å². The Balaban J connectivity index is 2.70. The van der Waals surface area contributed by atoms with Gasteiger partial charge in [0.25, 0.3) is 5.69 Å². The average Bonchev–Trinajstić information content (AvgIpc) is 2.44. The molecule has 1 aromatic rings. The first-order chi connectivity index (χ1) is 9.58. The molecular weight excluding hydrogens is 280 g/mol. The third-order valence-corrected chi connectivity index (χ3v) is 3.77. The van der Waals surface area contributed by atoms with Crippen molar-refractivity contribution in [1.82, 2.24) is 0 Å². The molecule has 6 nitrogen and oxygen atoms in total. The fourth-order valence-electron chi connectivity index (χ4n) is 1.60. The third kappa shape index (κ3) is 5.36. The number of aliphatic hydroxyl groups is 2. The van der Waals surface area contributed by atoms with Crippen molar-refractivity contribution in [2.45, 2.75) is 25.2 Å². The van der Waals surface area contributed by atoms with Gasteiger partial charge in [-0.2, -0.15) is 11.8 Å². The average molecular weight is 300 g/mol. The monoisotopic (exact) mass is 300 g/mol. The molecule has 1 atom stereocenters. The minimum Gasteiger partial charge on any atom is -0.394 e. The van der Waals surface area contributed by atoms with Crippen LogP contribution in [0.4, 0.5) is 11.4 Å². The normalized spacial score (nSPS) is 12.2.